The van der Waals surface area contributed by atoms with Crippen molar-refractivity contribution in [2.24, 2.45) is 0 Å². The third kappa shape index (κ3) is 4.75. The normalized spacial score (nSPS) is 20.7. The van der Waals surface area contributed by atoms with Gasteiger partial charge in [-0.3, -0.25) is 9.59 Å². The topological polar surface area (TPSA) is 53.2 Å². The minimum atomic E-state index is -0.750. The highest BCUT2D eigenvalue weighted by molar-refractivity contribution is 6.63. The number of H-pyrrole nitrogens is 1. The first kappa shape index (κ1) is 20.0. The molecule has 4 rings (SSSR count). The summed E-state index contributed by atoms with van der Waals surface area (Å²) in [7, 11) is 0. The number of carbonyl (C=O) groups excluding carboxylic acids is 2. The second-order valence-electron chi connectivity index (χ2n) is 6.37. The molecule has 1 atom stereocenters. The number of alkyl halides is 3. The molecule has 0 unspecified atom stereocenters. The first-order valence-corrected chi connectivity index (χ1v) is 9.97. The zero-order chi connectivity index (χ0) is 19.4. The summed E-state index contributed by atoms with van der Waals surface area (Å²) in [5, 5.41) is 0. The Labute approximate surface area is 173 Å². The van der Waals surface area contributed by atoms with E-state index < -0.39 is 4.30 Å². The number of fused-ring (bicyclic) bond motifs is 2. The Morgan fingerprint density at radius 3 is 2.48 bits per heavy atom. The number of benzene rings is 1. The van der Waals surface area contributed by atoms with Crippen molar-refractivity contribution in [3.8, 4) is 0 Å². The molecule has 1 aromatic carbocycles. The molecule has 1 saturated heterocycles. The monoisotopic (exact) mass is 424 g/mol. The van der Waals surface area contributed by atoms with Crippen molar-refractivity contribution < 1.29 is 9.59 Å². The van der Waals surface area contributed by atoms with Gasteiger partial charge in [0.1, 0.15) is 0 Å². The van der Waals surface area contributed by atoms with Crippen LogP contribution in [0.5, 0.6) is 0 Å². The van der Waals surface area contributed by atoms with E-state index in [0.717, 1.165) is 18.5 Å². The van der Waals surface area contributed by atoms with Gasteiger partial charge in [0.2, 0.25) is 0 Å². The molecule has 0 aliphatic carbocycles. The van der Waals surface area contributed by atoms with Crippen LogP contribution in [0.4, 0.5) is 0 Å². The van der Waals surface area contributed by atoms with Gasteiger partial charge in [-0.1, -0.05) is 71.2 Å². The SMILES string of the molecule is ClC(Cl)Cl.O=C1CC[C@@H]2/C(=C/c3ccccc3)CCN2C(=O)c2cc[nH]c21. The van der Waals surface area contributed by atoms with Crippen molar-refractivity contribution in [1.82, 2.24) is 9.88 Å². The zero-order valence-corrected chi connectivity index (χ0v) is 16.8. The summed E-state index contributed by atoms with van der Waals surface area (Å²) in [6.07, 6.45) is 5.88. The van der Waals surface area contributed by atoms with Gasteiger partial charge in [0, 0.05) is 19.2 Å². The van der Waals surface area contributed by atoms with E-state index in [1.807, 2.05) is 23.1 Å². The van der Waals surface area contributed by atoms with Crippen LogP contribution in [0, 0.1) is 0 Å². The molecule has 7 heteroatoms. The van der Waals surface area contributed by atoms with E-state index in [0.29, 0.717) is 24.1 Å². The second kappa shape index (κ2) is 8.96. The fraction of sp³-hybridized carbons (Fsp3) is 0.300. The molecule has 4 nitrogen and oxygen atoms in total. The van der Waals surface area contributed by atoms with Gasteiger partial charge in [-0.05, 0) is 30.0 Å². The molecule has 2 aliphatic heterocycles. The van der Waals surface area contributed by atoms with Crippen LogP contribution in [0.1, 0.15) is 45.7 Å². The molecule has 3 heterocycles. The Kier molecular flexibility index (Phi) is 6.64. The van der Waals surface area contributed by atoms with Crippen molar-refractivity contribution in [2.75, 3.05) is 6.54 Å². The van der Waals surface area contributed by atoms with Crippen molar-refractivity contribution in [1.29, 1.82) is 0 Å². The fourth-order valence-corrected chi connectivity index (χ4v) is 3.61. The van der Waals surface area contributed by atoms with E-state index >= 15 is 0 Å². The summed E-state index contributed by atoms with van der Waals surface area (Å²) in [5.74, 6) is -0.000257. The summed E-state index contributed by atoms with van der Waals surface area (Å²) in [4.78, 5) is 29.9. The van der Waals surface area contributed by atoms with Gasteiger partial charge in [-0.25, -0.2) is 0 Å². The van der Waals surface area contributed by atoms with E-state index in [1.165, 1.54) is 5.57 Å². The molecule has 1 fully saturated rings. The third-order valence-electron chi connectivity index (χ3n) is 4.76. The van der Waals surface area contributed by atoms with E-state index in [4.69, 9.17) is 34.8 Å². The quantitative estimate of drug-likeness (QED) is 0.632. The lowest BCUT2D eigenvalue weighted by molar-refractivity contribution is 0.0717. The van der Waals surface area contributed by atoms with E-state index in [2.05, 4.69) is 23.2 Å². The van der Waals surface area contributed by atoms with E-state index in [9.17, 15) is 9.59 Å². The summed E-state index contributed by atoms with van der Waals surface area (Å²) in [6, 6.07) is 11.9. The predicted molar refractivity (Wildman–Crippen MR) is 110 cm³/mol. The average Bonchev–Trinajstić information content (AvgIpc) is 3.26. The molecule has 0 spiro atoms. The highest BCUT2D eigenvalue weighted by Crippen LogP contribution is 2.33. The number of nitrogens with zero attached hydrogens (tertiary/aromatic N) is 1. The van der Waals surface area contributed by atoms with Gasteiger partial charge in [0.25, 0.3) is 5.91 Å². The lowest BCUT2D eigenvalue weighted by Crippen LogP contribution is -2.38. The van der Waals surface area contributed by atoms with E-state index in [-0.39, 0.29) is 17.7 Å². The van der Waals surface area contributed by atoms with Crippen molar-refractivity contribution in [3.63, 3.8) is 0 Å². The number of nitrogens with one attached hydrogen (secondary N) is 1. The van der Waals surface area contributed by atoms with Crippen LogP contribution in [0.25, 0.3) is 6.08 Å². The summed E-state index contributed by atoms with van der Waals surface area (Å²) >= 11 is 14.4. The maximum absolute atomic E-state index is 12.8. The Balaban J connectivity index is 0.000000481. The number of aromatic amines is 1. The first-order valence-electron chi connectivity index (χ1n) is 8.66. The number of amides is 1. The first-order chi connectivity index (χ1) is 13.0. The van der Waals surface area contributed by atoms with Gasteiger partial charge in [0.15, 0.2) is 10.1 Å². The van der Waals surface area contributed by atoms with Crippen LogP contribution in [-0.2, 0) is 0 Å². The van der Waals surface area contributed by atoms with Crippen molar-refractivity contribution >= 4 is 52.6 Å². The van der Waals surface area contributed by atoms with Gasteiger partial charge in [-0.15, -0.1) is 0 Å². The Bertz CT molecular complexity index is 843. The number of aromatic nitrogens is 1. The fourth-order valence-electron chi connectivity index (χ4n) is 3.61. The number of rotatable bonds is 1. The predicted octanol–water partition coefficient (Wildman–Crippen LogP) is 5.28. The Morgan fingerprint density at radius 1 is 1.07 bits per heavy atom. The molecule has 27 heavy (non-hydrogen) atoms. The van der Waals surface area contributed by atoms with Crippen molar-refractivity contribution in [2.45, 2.75) is 29.6 Å². The number of ketones is 1. The Hall–Kier alpha value is -1.75. The number of carbonyl (C=O) groups is 2. The molecule has 1 aromatic heterocycles. The molecule has 0 radical (unpaired) electrons. The van der Waals surface area contributed by atoms with Crippen LogP contribution in [0.2, 0.25) is 0 Å². The number of hydrogen-bond donors (Lipinski definition) is 1. The molecular weight excluding hydrogens is 407 g/mol. The van der Waals surface area contributed by atoms with Crippen LogP contribution >= 0.6 is 34.8 Å². The third-order valence-corrected chi connectivity index (χ3v) is 4.76. The van der Waals surface area contributed by atoms with Crippen LogP contribution in [0.15, 0.2) is 48.2 Å². The summed E-state index contributed by atoms with van der Waals surface area (Å²) in [6.45, 7) is 0.723. The van der Waals surface area contributed by atoms with Gasteiger partial charge < -0.3 is 9.88 Å². The molecule has 2 aliphatic rings. The maximum atomic E-state index is 12.8. The molecule has 1 amide bonds. The Morgan fingerprint density at radius 2 is 1.78 bits per heavy atom. The smallest absolute Gasteiger partial charge is 0.256 e. The zero-order valence-electron chi connectivity index (χ0n) is 14.5. The highest BCUT2D eigenvalue weighted by Gasteiger charge is 2.37. The minimum Gasteiger partial charge on any atom is -0.358 e. The van der Waals surface area contributed by atoms with Gasteiger partial charge in [-0.2, -0.15) is 0 Å². The second-order valence-corrected chi connectivity index (χ2v) is 8.35. The number of Topliss-reactive ketones (excluding diaryl/α,β-unsaturated/α-hetero) is 1. The average molecular weight is 426 g/mol. The van der Waals surface area contributed by atoms with Crippen LogP contribution in [-0.4, -0.2) is 38.5 Å². The van der Waals surface area contributed by atoms with E-state index in [1.54, 1.807) is 12.3 Å². The highest BCUT2D eigenvalue weighted by atomic mass is 35.6. The number of hydrogen-bond acceptors (Lipinski definition) is 2. The molecule has 0 saturated carbocycles. The standard InChI is InChI=1S/C19H18N2O2.CHCl3/c22-17-7-6-16-14(12-13-4-2-1-3-5-13)9-11-21(16)19(23)15-8-10-20-18(15)17;2-1(3)4/h1-5,8,10,12,16,20H,6-7,9,11H2;1H/b14-12+;/t16-;/m1./s1. The van der Waals surface area contributed by atoms with Gasteiger partial charge >= 0.3 is 0 Å². The molecule has 1 N–H and O–H groups in total. The summed E-state index contributed by atoms with van der Waals surface area (Å²) < 4.78 is -0.750. The van der Waals surface area contributed by atoms with Gasteiger partial charge in [0.05, 0.1) is 17.3 Å². The van der Waals surface area contributed by atoms with Crippen LogP contribution in [0.3, 0.4) is 0 Å². The molecular formula is C20H19Cl3N2O2. The maximum Gasteiger partial charge on any atom is 0.256 e. The van der Waals surface area contributed by atoms with Crippen molar-refractivity contribution in [3.05, 3.63) is 65.0 Å². The summed E-state index contributed by atoms with van der Waals surface area (Å²) in [5.41, 5.74) is 3.37. The lowest BCUT2D eigenvalue weighted by Gasteiger charge is -2.27. The number of halogens is 3. The largest absolute Gasteiger partial charge is 0.358 e. The molecule has 142 valence electrons. The minimum absolute atomic E-state index is 0.0314. The lowest BCUT2D eigenvalue weighted by atomic mass is 9.95. The molecule has 2 aromatic rings. The molecule has 0 bridgehead atoms. The van der Waals surface area contributed by atoms with Crippen LogP contribution < -0.4 is 0 Å².